The van der Waals surface area contributed by atoms with Crippen LogP contribution in [0.25, 0.3) is 10.2 Å². The molecule has 0 spiro atoms. The zero-order valence-electron chi connectivity index (χ0n) is 14.5. The predicted molar refractivity (Wildman–Crippen MR) is 97.2 cm³/mol. The number of unbranched alkanes of at least 4 members (excludes halogenated alkanes) is 1. The van der Waals surface area contributed by atoms with Crippen LogP contribution in [0.2, 0.25) is 0 Å². The summed E-state index contributed by atoms with van der Waals surface area (Å²) >= 11 is 1.46. The van der Waals surface area contributed by atoms with Crippen molar-refractivity contribution < 1.29 is 9.53 Å². The first-order valence-electron chi connectivity index (χ1n) is 8.50. The Labute approximate surface area is 146 Å². The molecule has 2 aromatic heterocycles. The van der Waals surface area contributed by atoms with Crippen LogP contribution in [-0.4, -0.2) is 48.7 Å². The normalized spacial score (nSPS) is 15.0. The lowest BCUT2D eigenvalue weighted by molar-refractivity contribution is 0.0956. The Morgan fingerprint density at radius 3 is 2.75 bits per heavy atom. The quantitative estimate of drug-likeness (QED) is 0.842. The number of carbonyl (C=O) groups excluding carboxylic acids is 1. The van der Waals surface area contributed by atoms with Crippen molar-refractivity contribution in [2.45, 2.75) is 33.6 Å². The third-order valence-electron chi connectivity index (χ3n) is 4.22. The summed E-state index contributed by atoms with van der Waals surface area (Å²) in [4.78, 5) is 25.6. The Bertz CT molecular complexity index is 738. The van der Waals surface area contributed by atoms with Gasteiger partial charge in [0.1, 0.15) is 16.5 Å². The highest BCUT2D eigenvalue weighted by molar-refractivity contribution is 7.20. The fourth-order valence-electron chi connectivity index (χ4n) is 2.90. The third kappa shape index (κ3) is 3.37. The summed E-state index contributed by atoms with van der Waals surface area (Å²) in [5.74, 6) is 1.67. The molecule has 1 amide bonds. The topological polar surface area (TPSA) is 67.4 Å². The predicted octanol–water partition coefficient (Wildman–Crippen LogP) is 2.67. The van der Waals surface area contributed by atoms with Crippen molar-refractivity contribution in [1.82, 2.24) is 15.3 Å². The highest BCUT2D eigenvalue weighted by Crippen LogP contribution is 2.35. The van der Waals surface area contributed by atoms with Crippen LogP contribution in [0.15, 0.2) is 0 Å². The zero-order chi connectivity index (χ0) is 17.1. The van der Waals surface area contributed by atoms with E-state index in [1.165, 1.54) is 11.3 Å². The lowest BCUT2D eigenvalue weighted by Crippen LogP contribution is -2.37. The number of nitrogens with zero attached hydrogens (tertiary/aromatic N) is 3. The van der Waals surface area contributed by atoms with E-state index in [1.54, 1.807) is 0 Å². The Morgan fingerprint density at radius 1 is 1.29 bits per heavy atom. The van der Waals surface area contributed by atoms with Gasteiger partial charge in [0.2, 0.25) is 0 Å². The van der Waals surface area contributed by atoms with Crippen molar-refractivity contribution >= 4 is 33.3 Å². The second-order valence-electron chi connectivity index (χ2n) is 6.04. The largest absolute Gasteiger partial charge is 0.378 e. The Kier molecular flexibility index (Phi) is 5.30. The molecule has 0 radical (unpaired) electrons. The minimum absolute atomic E-state index is 0.00506. The second kappa shape index (κ2) is 7.44. The van der Waals surface area contributed by atoms with Crippen molar-refractivity contribution in [1.29, 1.82) is 0 Å². The van der Waals surface area contributed by atoms with Crippen molar-refractivity contribution in [2.24, 2.45) is 0 Å². The van der Waals surface area contributed by atoms with Gasteiger partial charge in [-0.25, -0.2) is 9.97 Å². The van der Waals surface area contributed by atoms with Gasteiger partial charge in [-0.1, -0.05) is 13.3 Å². The number of carbonyl (C=O) groups is 1. The number of hydrogen-bond donors (Lipinski definition) is 1. The first-order valence-corrected chi connectivity index (χ1v) is 9.32. The molecule has 0 unspecified atom stereocenters. The Hall–Kier alpha value is -1.73. The van der Waals surface area contributed by atoms with Crippen LogP contribution in [0, 0.1) is 13.8 Å². The van der Waals surface area contributed by atoms with E-state index in [2.05, 4.69) is 27.1 Å². The number of nitrogens with one attached hydrogen (secondary N) is 1. The van der Waals surface area contributed by atoms with E-state index in [0.29, 0.717) is 19.8 Å². The van der Waals surface area contributed by atoms with Crippen molar-refractivity contribution in [3.05, 3.63) is 16.3 Å². The van der Waals surface area contributed by atoms with Gasteiger partial charge in [0.15, 0.2) is 0 Å². The van der Waals surface area contributed by atoms with Crippen LogP contribution in [0.5, 0.6) is 0 Å². The van der Waals surface area contributed by atoms with Crippen LogP contribution in [0.1, 0.15) is 40.8 Å². The van der Waals surface area contributed by atoms with E-state index in [-0.39, 0.29) is 5.91 Å². The highest BCUT2D eigenvalue weighted by atomic mass is 32.1. The lowest BCUT2D eigenvalue weighted by atomic mass is 10.1. The molecule has 0 aromatic carbocycles. The van der Waals surface area contributed by atoms with Crippen molar-refractivity contribution in [3.8, 4) is 0 Å². The number of ether oxygens (including phenoxy) is 1. The average Bonchev–Trinajstić information content (AvgIpc) is 2.92. The molecule has 1 fully saturated rings. The lowest BCUT2D eigenvalue weighted by Gasteiger charge is -2.28. The van der Waals surface area contributed by atoms with Gasteiger partial charge in [0.05, 0.1) is 23.5 Å². The van der Waals surface area contributed by atoms with E-state index in [9.17, 15) is 4.79 Å². The molecule has 24 heavy (non-hydrogen) atoms. The molecule has 0 saturated carbocycles. The van der Waals surface area contributed by atoms with Gasteiger partial charge in [-0.2, -0.15) is 0 Å². The van der Waals surface area contributed by atoms with E-state index >= 15 is 0 Å². The zero-order valence-corrected chi connectivity index (χ0v) is 15.3. The highest BCUT2D eigenvalue weighted by Gasteiger charge is 2.23. The smallest absolute Gasteiger partial charge is 0.261 e. The summed E-state index contributed by atoms with van der Waals surface area (Å²) in [5.41, 5.74) is 0.977. The van der Waals surface area contributed by atoms with E-state index in [1.807, 2.05) is 13.8 Å². The minimum atomic E-state index is -0.00506. The maximum Gasteiger partial charge on any atom is 0.261 e. The molecular formula is C17H24N4O2S. The molecule has 6 nitrogen and oxygen atoms in total. The van der Waals surface area contributed by atoms with Gasteiger partial charge in [-0.15, -0.1) is 11.3 Å². The third-order valence-corrected chi connectivity index (χ3v) is 5.40. The van der Waals surface area contributed by atoms with Crippen LogP contribution in [0.4, 0.5) is 5.82 Å². The molecule has 1 N–H and O–H groups in total. The fraction of sp³-hybridized carbons (Fsp3) is 0.588. The van der Waals surface area contributed by atoms with Crippen LogP contribution < -0.4 is 10.2 Å². The maximum absolute atomic E-state index is 12.5. The molecule has 7 heteroatoms. The van der Waals surface area contributed by atoms with Crippen molar-refractivity contribution in [3.63, 3.8) is 0 Å². The summed E-state index contributed by atoms with van der Waals surface area (Å²) in [6.45, 7) is 9.78. The monoisotopic (exact) mass is 348 g/mol. The van der Waals surface area contributed by atoms with Gasteiger partial charge >= 0.3 is 0 Å². The molecule has 3 rings (SSSR count). The van der Waals surface area contributed by atoms with Crippen LogP contribution in [-0.2, 0) is 4.74 Å². The van der Waals surface area contributed by atoms with Crippen LogP contribution in [0.3, 0.4) is 0 Å². The number of rotatable bonds is 5. The fourth-order valence-corrected chi connectivity index (χ4v) is 4.04. The van der Waals surface area contributed by atoms with Crippen molar-refractivity contribution in [2.75, 3.05) is 37.7 Å². The number of aromatic nitrogens is 2. The van der Waals surface area contributed by atoms with Crippen LogP contribution >= 0.6 is 11.3 Å². The van der Waals surface area contributed by atoms with E-state index in [4.69, 9.17) is 4.74 Å². The summed E-state index contributed by atoms with van der Waals surface area (Å²) in [5, 5.41) is 4.01. The molecule has 0 bridgehead atoms. The molecule has 1 saturated heterocycles. The first-order chi connectivity index (χ1) is 11.6. The summed E-state index contributed by atoms with van der Waals surface area (Å²) in [6.07, 6.45) is 2.06. The second-order valence-corrected chi connectivity index (χ2v) is 7.04. The molecule has 3 heterocycles. The number of morpholine rings is 1. The standard InChI is InChI=1S/C17H24N4O2S/c1-4-5-6-18-16(22)14-11(2)13-15(21-7-9-23-10-8-21)19-12(3)20-17(13)24-14/h4-10H2,1-3H3,(H,18,22). The molecule has 1 aliphatic rings. The average molecular weight is 348 g/mol. The molecule has 1 aliphatic heterocycles. The summed E-state index contributed by atoms with van der Waals surface area (Å²) < 4.78 is 5.45. The molecular weight excluding hydrogens is 324 g/mol. The summed E-state index contributed by atoms with van der Waals surface area (Å²) in [7, 11) is 0. The number of hydrogen-bond acceptors (Lipinski definition) is 6. The number of thiophene rings is 1. The minimum Gasteiger partial charge on any atom is -0.378 e. The Morgan fingerprint density at radius 2 is 2.04 bits per heavy atom. The molecule has 0 aliphatic carbocycles. The first kappa shape index (κ1) is 17.1. The Balaban J connectivity index is 1.99. The summed E-state index contributed by atoms with van der Waals surface area (Å²) in [6, 6.07) is 0. The number of amides is 1. The SMILES string of the molecule is CCCCNC(=O)c1sc2nc(C)nc(N3CCOCC3)c2c1C. The number of fused-ring (bicyclic) bond motifs is 1. The van der Waals surface area contributed by atoms with Gasteiger partial charge in [-0.3, -0.25) is 4.79 Å². The van der Waals surface area contributed by atoms with Gasteiger partial charge in [-0.05, 0) is 25.8 Å². The molecule has 2 aromatic rings. The molecule has 0 atom stereocenters. The molecule has 130 valence electrons. The van der Waals surface area contributed by atoms with Gasteiger partial charge in [0, 0.05) is 19.6 Å². The van der Waals surface area contributed by atoms with E-state index < -0.39 is 0 Å². The van der Waals surface area contributed by atoms with E-state index in [0.717, 1.165) is 58.2 Å². The van der Waals surface area contributed by atoms with Gasteiger partial charge < -0.3 is 15.0 Å². The number of aryl methyl sites for hydroxylation is 2. The number of anilines is 1. The van der Waals surface area contributed by atoms with Gasteiger partial charge in [0.25, 0.3) is 5.91 Å². The maximum atomic E-state index is 12.5.